The molecule has 5 atom stereocenters. The van der Waals surface area contributed by atoms with Gasteiger partial charge in [-0.05, 0) is 44.2 Å². The summed E-state index contributed by atoms with van der Waals surface area (Å²) in [6.45, 7) is 4.01. The lowest BCUT2D eigenvalue weighted by Crippen LogP contribution is -2.59. The van der Waals surface area contributed by atoms with Crippen molar-refractivity contribution in [1.82, 2.24) is 15.1 Å². The summed E-state index contributed by atoms with van der Waals surface area (Å²) in [6, 6.07) is 5.53. The van der Waals surface area contributed by atoms with Crippen molar-refractivity contribution < 1.29 is 23.8 Å². The van der Waals surface area contributed by atoms with Gasteiger partial charge in [0.25, 0.3) is 0 Å². The van der Waals surface area contributed by atoms with Gasteiger partial charge in [0.1, 0.15) is 24.1 Å². The van der Waals surface area contributed by atoms with Crippen LogP contribution >= 0.6 is 0 Å². The largest absolute Gasteiger partial charge is 0.388 e. The SMILES string of the molecule is Cc1cc(C)n([C@H]2[C@@H]3OC[C@@H](O3)[C@@H](NC(=O)Nc3ccc(F)cc3)[C@@H]2O)n1. The summed E-state index contributed by atoms with van der Waals surface area (Å²) in [4.78, 5) is 12.4. The number of anilines is 1. The highest BCUT2D eigenvalue weighted by Gasteiger charge is 2.52. The number of nitrogens with one attached hydrogen (secondary N) is 2. The Hall–Kier alpha value is -2.49. The van der Waals surface area contributed by atoms with Gasteiger partial charge in [-0.15, -0.1) is 0 Å². The molecule has 27 heavy (non-hydrogen) atoms. The number of urea groups is 1. The average molecular weight is 376 g/mol. The maximum Gasteiger partial charge on any atom is 0.319 e. The number of aromatic nitrogens is 2. The van der Waals surface area contributed by atoms with Gasteiger partial charge in [-0.25, -0.2) is 9.18 Å². The smallest absolute Gasteiger partial charge is 0.319 e. The number of carbonyl (C=O) groups is 1. The number of ether oxygens (including phenoxy) is 2. The van der Waals surface area contributed by atoms with E-state index in [1.54, 1.807) is 4.68 Å². The zero-order valence-corrected chi connectivity index (χ0v) is 14.9. The molecule has 2 amide bonds. The van der Waals surface area contributed by atoms with Crippen molar-refractivity contribution >= 4 is 11.7 Å². The number of rotatable bonds is 3. The van der Waals surface area contributed by atoms with Crippen molar-refractivity contribution in [2.24, 2.45) is 0 Å². The predicted octanol–water partition coefficient (Wildman–Crippen LogP) is 1.49. The topological polar surface area (TPSA) is 97.6 Å². The minimum atomic E-state index is -0.951. The van der Waals surface area contributed by atoms with Crippen molar-refractivity contribution in [3.05, 3.63) is 47.5 Å². The van der Waals surface area contributed by atoms with Crippen LogP contribution in [0.25, 0.3) is 0 Å². The molecule has 1 aromatic heterocycles. The second-order valence-corrected chi connectivity index (χ2v) is 6.86. The molecule has 2 aromatic rings. The number of carbonyl (C=O) groups excluding carboxylic acids is 1. The highest BCUT2D eigenvalue weighted by atomic mass is 19.1. The molecule has 9 heteroatoms. The number of halogens is 1. The number of aryl methyl sites for hydroxylation is 2. The van der Waals surface area contributed by atoms with Crippen LogP contribution in [0.15, 0.2) is 30.3 Å². The van der Waals surface area contributed by atoms with E-state index in [9.17, 15) is 14.3 Å². The first-order chi connectivity index (χ1) is 12.9. The monoisotopic (exact) mass is 376 g/mol. The predicted molar refractivity (Wildman–Crippen MR) is 93.7 cm³/mol. The lowest BCUT2D eigenvalue weighted by atomic mass is 9.96. The van der Waals surface area contributed by atoms with E-state index in [-0.39, 0.29) is 12.4 Å². The minimum Gasteiger partial charge on any atom is -0.388 e. The molecule has 2 bridgehead atoms. The lowest BCUT2D eigenvalue weighted by Gasteiger charge is -2.39. The maximum absolute atomic E-state index is 13.0. The van der Waals surface area contributed by atoms with Crippen LogP contribution < -0.4 is 10.6 Å². The Kier molecular flexibility index (Phi) is 4.58. The number of nitrogens with zero attached hydrogens (tertiary/aromatic N) is 2. The molecule has 3 N–H and O–H groups in total. The first-order valence-electron chi connectivity index (χ1n) is 8.73. The number of hydrogen-bond donors (Lipinski definition) is 3. The van der Waals surface area contributed by atoms with Gasteiger partial charge in [0.05, 0.1) is 18.3 Å². The number of amides is 2. The third-order valence-corrected chi connectivity index (χ3v) is 4.86. The second-order valence-electron chi connectivity index (χ2n) is 6.86. The summed E-state index contributed by atoms with van der Waals surface area (Å²) in [7, 11) is 0. The number of hydrogen-bond acceptors (Lipinski definition) is 5. The summed E-state index contributed by atoms with van der Waals surface area (Å²) in [6.07, 6.45) is -2.04. The van der Waals surface area contributed by atoms with E-state index in [1.807, 2.05) is 19.9 Å². The zero-order chi connectivity index (χ0) is 19.1. The molecule has 4 rings (SSSR count). The quantitative estimate of drug-likeness (QED) is 0.754. The summed E-state index contributed by atoms with van der Waals surface area (Å²) in [5, 5.41) is 20.7. The van der Waals surface area contributed by atoms with Crippen LogP contribution in [0.4, 0.5) is 14.9 Å². The number of benzene rings is 1. The summed E-state index contributed by atoms with van der Waals surface area (Å²) in [5.41, 5.74) is 2.12. The Bertz CT molecular complexity index is 840. The third kappa shape index (κ3) is 3.41. The third-order valence-electron chi connectivity index (χ3n) is 4.86. The van der Waals surface area contributed by atoms with Gasteiger partial charge < -0.3 is 25.2 Å². The van der Waals surface area contributed by atoms with E-state index < -0.39 is 36.6 Å². The number of aliphatic hydroxyl groups excluding tert-OH is 1. The molecular weight excluding hydrogens is 355 g/mol. The molecule has 0 saturated carbocycles. The van der Waals surface area contributed by atoms with E-state index in [2.05, 4.69) is 15.7 Å². The lowest BCUT2D eigenvalue weighted by molar-refractivity contribution is -0.166. The Morgan fingerprint density at radius 2 is 2.07 bits per heavy atom. The molecule has 0 radical (unpaired) electrons. The van der Waals surface area contributed by atoms with Crippen molar-refractivity contribution in [2.45, 2.75) is 44.4 Å². The molecular formula is C18H21FN4O4. The van der Waals surface area contributed by atoms with Gasteiger partial charge >= 0.3 is 6.03 Å². The number of fused-ring (bicyclic) bond motifs is 2. The van der Waals surface area contributed by atoms with Crippen LogP contribution in [-0.2, 0) is 9.47 Å². The van der Waals surface area contributed by atoms with E-state index in [4.69, 9.17) is 9.47 Å². The van der Waals surface area contributed by atoms with Gasteiger partial charge in [0.2, 0.25) is 0 Å². The van der Waals surface area contributed by atoms with Gasteiger partial charge in [-0.3, -0.25) is 4.68 Å². The molecule has 0 aliphatic carbocycles. The number of aliphatic hydroxyl groups is 1. The molecule has 3 heterocycles. The minimum absolute atomic E-state index is 0.263. The Labute approximate surface area is 155 Å². The van der Waals surface area contributed by atoms with Crippen LogP contribution in [0.3, 0.4) is 0 Å². The van der Waals surface area contributed by atoms with Gasteiger partial charge in [-0.2, -0.15) is 5.10 Å². The van der Waals surface area contributed by atoms with Crippen LogP contribution in [0.5, 0.6) is 0 Å². The summed E-state index contributed by atoms with van der Waals surface area (Å²) in [5.74, 6) is -0.390. The second kappa shape index (κ2) is 6.91. The van der Waals surface area contributed by atoms with Crippen molar-refractivity contribution in [1.29, 1.82) is 0 Å². The zero-order valence-electron chi connectivity index (χ0n) is 14.9. The molecule has 144 valence electrons. The molecule has 0 unspecified atom stereocenters. The van der Waals surface area contributed by atoms with Gasteiger partial charge in [0.15, 0.2) is 6.29 Å². The normalized spacial score (nSPS) is 29.6. The molecule has 2 saturated heterocycles. The molecule has 2 aliphatic rings. The fourth-order valence-corrected chi connectivity index (χ4v) is 3.64. The van der Waals surface area contributed by atoms with Crippen molar-refractivity contribution in [2.75, 3.05) is 11.9 Å². The average Bonchev–Trinajstić information content (AvgIpc) is 3.19. The van der Waals surface area contributed by atoms with Gasteiger partial charge in [0, 0.05) is 11.4 Å². The van der Waals surface area contributed by atoms with E-state index in [1.165, 1.54) is 24.3 Å². The molecule has 1 aromatic carbocycles. The van der Waals surface area contributed by atoms with Crippen molar-refractivity contribution in [3.8, 4) is 0 Å². The molecule has 0 spiro atoms. The molecule has 2 fully saturated rings. The highest BCUT2D eigenvalue weighted by molar-refractivity contribution is 5.89. The van der Waals surface area contributed by atoms with Crippen LogP contribution in [0, 0.1) is 19.7 Å². The Morgan fingerprint density at radius 1 is 1.33 bits per heavy atom. The van der Waals surface area contributed by atoms with E-state index in [0.717, 1.165) is 11.4 Å². The van der Waals surface area contributed by atoms with Crippen LogP contribution in [0.2, 0.25) is 0 Å². The maximum atomic E-state index is 13.0. The standard InChI is InChI=1S/C18H21FN4O4/c1-9-7-10(2)23(22-9)15-16(24)14(13-8-26-17(15)27-13)21-18(25)20-12-5-3-11(19)4-6-12/h3-7,13-17,24H,8H2,1-2H3,(H2,20,21,25)/t13-,14-,15-,16+,17-/m1/s1. The summed E-state index contributed by atoms with van der Waals surface area (Å²) >= 11 is 0. The van der Waals surface area contributed by atoms with Crippen LogP contribution in [0.1, 0.15) is 17.4 Å². The van der Waals surface area contributed by atoms with Gasteiger partial charge in [-0.1, -0.05) is 0 Å². The fourth-order valence-electron chi connectivity index (χ4n) is 3.64. The fraction of sp³-hybridized carbons (Fsp3) is 0.444. The molecule has 2 aliphatic heterocycles. The highest BCUT2D eigenvalue weighted by Crippen LogP contribution is 2.36. The first kappa shape index (κ1) is 17.9. The van der Waals surface area contributed by atoms with Crippen LogP contribution in [-0.4, -0.2) is 52.1 Å². The molecule has 8 nitrogen and oxygen atoms in total. The van der Waals surface area contributed by atoms with Crippen molar-refractivity contribution in [3.63, 3.8) is 0 Å². The summed E-state index contributed by atoms with van der Waals surface area (Å²) < 4.78 is 26.2. The van der Waals surface area contributed by atoms with E-state index >= 15 is 0 Å². The Balaban J connectivity index is 1.51. The first-order valence-corrected chi connectivity index (χ1v) is 8.73. The Morgan fingerprint density at radius 3 is 2.74 bits per heavy atom. The van der Waals surface area contributed by atoms with E-state index in [0.29, 0.717) is 5.69 Å².